The fourth-order valence-corrected chi connectivity index (χ4v) is 0.919. The molecule has 1 aromatic rings. The lowest BCUT2D eigenvalue weighted by molar-refractivity contribution is 0.112. The zero-order valence-corrected chi connectivity index (χ0v) is 6.87. The number of nitrogens with zero attached hydrogens (tertiary/aromatic N) is 1. The summed E-state index contributed by atoms with van der Waals surface area (Å²) in [6.07, 6.45) is 0.799. The van der Waals surface area contributed by atoms with Crippen LogP contribution in [0, 0.1) is 6.92 Å². The number of benzene rings is 1. The van der Waals surface area contributed by atoms with E-state index in [-0.39, 0.29) is 0 Å². The van der Waals surface area contributed by atoms with E-state index in [1.54, 1.807) is 12.1 Å². The quantitative estimate of drug-likeness (QED) is 0.418. The maximum absolute atomic E-state index is 10.4. The first-order valence-corrected chi connectivity index (χ1v) is 3.55. The molecule has 1 N–H and O–H groups in total. The van der Waals surface area contributed by atoms with Gasteiger partial charge in [-0.15, -0.1) is 0 Å². The van der Waals surface area contributed by atoms with Gasteiger partial charge in [-0.1, -0.05) is 12.1 Å². The normalized spacial score (nSPS) is 9.08. The van der Waals surface area contributed by atoms with Crippen LogP contribution >= 0.6 is 0 Å². The predicted octanol–water partition coefficient (Wildman–Crippen LogP) is 1.84. The van der Waals surface area contributed by atoms with Crippen LogP contribution in [-0.4, -0.2) is 13.0 Å². The highest BCUT2D eigenvalue weighted by Gasteiger charge is 1.97. The zero-order valence-electron chi connectivity index (χ0n) is 6.87. The summed E-state index contributed by atoms with van der Waals surface area (Å²) in [7, 11) is 0. The minimum absolute atomic E-state index is 0.631. The van der Waals surface area contributed by atoms with Gasteiger partial charge in [-0.3, -0.25) is 10.2 Å². The maximum atomic E-state index is 10.4. The summed E-state index contributed by atoms with van der Waals surface area (Å²) in [4.78, 5) is 10.4. The number of hydrogen-bond donors (Lipinski definition) is 1. The van der Waals surface area contributed by atoms with Crippen LogP contribution in [-0.2, 0) is 0 Å². The number of rotatable bonds is 3. The molecule has 0 aliphatic heterocycles. The Bertz CT molecular complexity index is 307. The molecule has 3 heteroatoms. The summed E-state index contributed by atoms with van der Waals surface area (Å²) in [5.41, 5.74) is 5.19. The number of carbonyl (C=O) groups is 1. The number of carbonyl (C=O) groups excluding carboxylic acids is 1. The predicted molar refractivity (Wildman–Crippen MR) is 49.7 cm³/mol. The highest BCUT2D eigenvalue weighted by molar-refractivity contribution is 5.77. The van der Waals surface area contributed by atoms with Crippen molar-refractivity contribution in [2.45, 2.75) is 6.92 Å². The lowest BCUT2D eigenvalue weighted by Crippen LogP contribution is -1.91. The monoisotopic (exact) mass is 162 g/mol. The topological polar surface area (TPSA) is 41.5 Å². The summed E-state index contributed by atoms with van der Waals surface area (Å²) >= 11 is 0. The molecule has 0 heterocycles. The Hall–Kier alpha value is -1.64. The van der Waals surface area contributed by atoms with Gasteiger partial charge in [0.05, 0.1) is 5.69 Å². The summed E-state index contributed by atoms with van der Waals surface area (Å²) in [5, 5.41) is 3.53. The van der Waals surface area contributed by atoms with Gasteiger partial charge in [0.15, 0.2) is 0 Å². The first-order valence-electron chi connectivity index (χ1n) is 3.55. The van der Waals surface area contributed by atoms with E-state index in [0.717, 1.165) is 17.5 Å². The van der Waals surface area contributed by atoms with E-state index >= 15 is 0 Å². The van der Waals surface area contributed by atoms with Crippen LogP contribution in [0.5, 0.6) is 0 Å². The van der Waals surface area contributed by atoms with Gasteiger partial charge in [0.1, 0.15) is 6.29 Å². The second-order valence-electron chi connectivity index (χ2n) is 2.46. The van der Waals surface area contributed by atoms with Gasteiger partial charge < -0.3 is 0 Å². The Morgan fingerprint density at radius 1 is 1.58 bits per heavy atom. The van der Waals surface area contributed by atoms with Crippen LogP contribution in [0.1, 0.15) is 15.9 Å². The van der Waals surface area contributed by atoms with Gasteiger partial charge in [0, 0.05) is 12.3 Å². The molecule has 0 radical (unpaired) electrons. The molecule has 0 amide bonds. The van der Waals surface area contributed by atoms with E-state index < -0.39 is 0 Å². The number of aryl methyl sites for hydroxylation is 1. The molecule has 3 nitrogen and oxygen atoms in total. The third kappa shape index (κ3) is 1.69. The van der Waals surface area contributed by atoms with Crippen LogP contribution in [0.2, 0.25) is 0 Å². The van der Waals surface area contributed by atoms with Crippen molar-refractivity contribution in [3.8, 4) is 0 Å². The van der Waals surface area contributed by atoms with Crippen molar-refractivity contribution in [2.24, 2.45) is 5.10 Å². The molecule has 0 fully saturated rings. The van der Waals surface area contributed by atoms with E-state index in [9.17, 15) is 4.79 Å². The van der Waals surface area contributed by atoms with Crippen molar-refractivity contribution in [1.29, 1.82) is 0 Å². The smallest absolute Gasteiger partial charge is 0.150 e. The molecule has 0 aromatic heterocycles. The van der Waals surface area contributed by atoms with Crippen molar-refractivity contribution >= 4 is 18.7 Å². The summed E-state index contributed by atoms with van der Waals surface area (Å²) in [6, 6.07) is 5.35. The molecule has 0 aliphatic rings. The molecular formula is C9H10N2O. The third-order valence-electron chi connectivity index (χ3n) is 1.60. The first-order chi connectivity index (χ1) is 5.77. The average molecular weight is 162 g/mol. The Labute approximate surface area is 71.1 Å². The average Bonchev–Trinajstić information content (AvgIpc) is 2.09. The summed E-state index contributed by atoms with van der Waals surface area (Å²) in [5.74, 6) is 0. The number of anilines is 1. The van der Waals surface area contributed by atoms with Crippen molar-refractivity contribution in [3.05, 3.63) is 29.3 Å². The van der Waals surface area contributed by atoms with Crippen molar-refractivity contribution < 1.29 is 4.79 Å². The number of hydrazone groups is 1. The minimum atomic E-state index is 0.631. The molecule has 0 aliphatic carbocycles. The molecule has 62 valence electrons. The Morgan fingerprint density at radius 2 is 2.33 bits per heavy atom. The van der Waals surface area contributed by atoms with E-state index in [4.69, 9.17) is 0 Å². The molecule has 0 spiro atoms. The molecule has 0 saturated carbocycles. The lowest BCUT2D eigenvalue weighted by Gasteiger charge is -2.03. The summed E-state index contributed by atoms with van der Waals surface area (Å²) in [6.45, 7) is 5.24. The van der Waals surface area contributed by atoms with Gasteiger partial charge in [0.25, 0.3) is 0 Å². The van der Waals surface area contributed by atoms with Gasteiger partial charge in [-0.05, 0) is 18.6 Å². The largest absolute Gasteiger partial charge is 0.298 e. The molecule has 0 unspecified atom stereocenters. The molecule has 0 bridgehead atoms. The van der Waals surface area contributed by atoms with Gasteiger partial charge >= 0.3 is 0 Å². The fraction of sp³-hybridized carbons (Fsp3) is 0.111. The van der Waals surface area contributed by atoms with E-state index in [1.165, 1.54) is 0 Å². The van der Waals surface area contributed by atoms with E-state index in [2.05, 4.69) is 17.2 Å². The van der Waals surface area contributed by atoms with Crippen LogP contribution in [0.4, 0.5) is 5.69 Å². The molecular weight excluding hydrogens is 152 g/mol. The molecule has 12 heavy (non-hydrogen) atoms. The van der Waals surface area contributed by atoms with Crippen LogP contribution < -0.4 is 5.43 Å². The lowest BCUT2D eigenvalue weighted by atomic mass is 10.1. The van der Waals surface area contributed by atoms with E-state index in [0.29, 0.717) is 5.56 Å². The molecule has 0 saturated heterocycles. The van der Waals surface area contributed by atoms with E-state index in [1.807, 2.05) is 13.0 Å². The van der Waals surface area contributed by atoms with Crippen LogP contribution in [0.25, 0.3) is 0 Å². The second-order valence-corrected chi connectivity index (χ2v) is 2.46. The Kier molecular flexibility index (Phi) is 2.58. The molecule has 0 atom stereocenters. The summed E-state index contributed by atoms with van der Waals surface area (Å²) < 4.78 is 0. The molecule has 1 rings (SSSR count). The first kappa shape index (κ1) is 8.46. The Morgan fingerprint density at radius 3 is 2.92 bits per heavy atom. The third-order valence-corrected chi connectivity index (χ3v) is 1.60. The second kappa shape index (κ2) is 3.67. The fourth-order valence-electron chi connectivity index (χ4n) is 0.919. The van der Waals surface area contributed by atoms with Gasteiger partial charge in [-0.2, -0.15) is 5.10 Å². The molecule has 1 aromatic carbocycles. The highest BCUT2D eigenvalue weighted by atomic mass is 16.1. The van der Waals surface area contributed by atoms with Crippen LogP contribution in [0.15, 0.2) is 23.3 Å². The maximum Gasteiger partial charge on any atom is 0.150 e. The Balaban J connectivity index is 3.06. The van der Waals surface area contributed by atoms with Crippen molar-refractivity contribution in [3.63, 3.8) is 0 Å². The van der Waals surface area contributed by atoms with Gasteiger partial charge in [0.2, 0.25) is 0 Å². The standard InChI is InChI=1S/C9H10N2O/c1-7-3-4-8(6-12)5-9(7)11-10-2/h3-6,11H,2H2,1H3. The highest BCUT2D eigenvalue weighted by Crippen LogP contribution is 2.15. The number of hydrogen-bond acceptors (Lipinski definition) is 3. The zero-order chi connectivity index (χ0) is 8.97. The van der Waals surface area contributed by atoms with Gasteiger partial charge in [-0.25, -0.2) is 0 Å². The SMILES string of the molecule is C=NNc1cc(C=O)ccc1C. The van der Waals surface area contributed by atoms with Crippen LogP contribution in [0.3, 0.4) is 0 Å². The number of nitrogens with one attached hydrogen (secondary N) is 1. The minimum Gasteiger partial charge on any atom is -0.298 e. The van der Waals surface area contributed by atoms with Crippen molar-refractivity contribution in [2.75, 3.05) is 5.43 Å². The number of aldehydes is 1. The van der Waals surface area contributed by atoms with Crippen molar-refractivity contribution in [1.82, 2.24) is 0 Å².